The number of esters is 1. The van der Waals surface area contributed by atoms with Gasteiger partial charge in [-0.2, -0.15) is 0 Å². The molecule has 1 saturated heterocycles. The number of furan rings is 1. The number of hydrogen-bond donors (Lipinski definition) is 1. The van der Waals surface area contributed by atoms with Gasteiger partial charge in [-0.25, -0.2) is 0 Å². The maximum Gasteiger partial charge on any atom is 0.320 e. The molecule has 3 heterocycles. The zero-order valence-electron chi connectivity index (χ0n) is 23.9. The number of ether oxygens (including phenoxy) is 3. The lowest BCUT2D eigenvalue weighted by atomic mass is 9.66. The number of benzene rings is 2. The maximum atomic E-state index is 14.0. The van der Waals surface area contributed by atoms with Gasteiger partial charge >= 0.3 is 5.97 Å². The van der Waals surface area contributed by atoms with Gasteiger partial charge in [0.25, 0.3) is 0 Å². The molecule has 3 aromatic rings. The van der Waals surface area contributed by atoms with Crippen molar-refractivity contribution in [2.45, 2.75) is 51.7 Å². The number of methoxy groups -OCH3 is 1. The molecule has 2 aromatic carbocycles. The SMILES string of the molecule is COC(=O)[C@]12C[C@H](CC(=O)NCc3ccccc3)C(=O)N(Cc3ccco3)C1=C[C@H](COCc1ccccc1)O[C@@H]2C. The van der Waals surface area contributed by atoms with E-state index in [1.165, 1.54) is 13.4 Å². The van der Waals surface area contributed by atoms with Crippen LogP contribution in [0.4, 0.5) is 0 Å². The molecule has 0 spiro atoms. The second-order valence-corrected chi connectivity index (χ2v) is 10.7. The summed E-state index contributed by atoms with van der Waals surface area (Å²) in [4.78, 5) is 42.2. The first kappa shape index (κ1) is 29.3. The number of likely N-dealkylation sites (tertiary alicyclic amines) is 1. The van der Waals surface area contributed by atoms with Gasteiger partial charge < -0.3 is 28.8 Å². The second-order valence-electron chi connectivity index (χ2n) is 10.7. The minimum Gasteiger partial charge on any atom is -0.468 e. The normalized spacial score (nSPS) is 23.6. The van der Waals surface area contributed by atoms with Crippen molar-refractivity contribution in [2.24, 2.45) is 11.3 Å². The van der Waals surface area contributed by atoms with E-state index >= 15 is 0 Å². The van der Waals surface area contributed by atoms with Crippen molar-refractivity contribution in [1.82, 2.24) is 10.2 Å². The van der Waals surface area contributed by atoms with Crippen molar-refractivity contribution in [2.75, 3.05) is 13.7 Å². The Hall–Kier alpha value is -4.21. The fourth-order valence-electron chi connectivity index (χ4n) is 5.83. The number of nitrogens with zero attached hydrogens (tertiary/aromatic N) is 1. The molecule has 9 nitrogen and oxygen atoms in total. The van der Waals surface area contributed by atoms with Gasteiger partial charge in [-0.05, 0) is 42.7 Å². The lowest BCUT2D eigenvalue weighted by Gasteiger charge is -2.51. The highest BCUT2D eigenvalue weighted by Crippen LogP contribution is 2.50. The molecule has 0 bridgehead atoms. The van der Waals surface area contributed by atoms with Crippen LogP contribution in [0.5, 0.6) is 0 Å². The van der Waals surface area contributed by atoms with Crippen molar-refractivity contribution < 1.29 is 33.0 Å². The molecule has 42 heavy (non-hydrogen) atoms. The summed E-state index contributed by atoms with van der Waals surface area (Å²) in [6.07, 6.45) is 2.16. The van der Waals surface area contributed by atoms with E-state index in [2.05, 4.69) is 5.32 Å². The van der Waals surface area contributed by atoms with Crippen LogP contribution in [0.1, 0.15) is 36.7 Å². The van der Waals surface area contributed by atoms with Crippen molar-refractivity contribution >= 4 is 17.8 Å². The zero-order valence-corrected chi connectivity index (χ0v) is 23.9. The Morgan fingerprint density at radius 1 is 1.02 bits per heavy atom. The van der Waals surface area contributed by atoms with Crippen molar-refractivity contribution in [3.63, 3.8) is 0 Å². The molecule has 0 aliphatic carbocycles. The molecule has 0 radical (unpaired) electrons. The molecule has 1 fully saturated rings. The summed E-state index contributed by atoms with van der Waals surface area (Å²) in [5.74, 6) is -1.28. The fourth-order valence-corrected chi connectivity index (χ4v) is 5.83. The van der Waals surface area contributed by atoms with Crippen LogP contribution in [-0.4, -0.2) is 48.6 Å². The predicted octanol–water partition coefficient (Wildman–Crippen LogP) is 4.38. The molecule has 0 unspecified atom stereocenters. The van der Waals surface area contributed by atoms with Crippen molar-refractivity contribution in [3.05, 3.63) is 108 Å². The number of fused-ring (bicyclic) bond motifs is 1. The molecule has 2 amide bonds. The molecular weight excluding hydrogens is 536 g/mol. The molecular formula is C33H36N2O7. The smallest absolute Gasteiger partial charge is 0.320 e. The summed E-state index contributed by atoms with van der Waals surface area (Å²) in [5, 5.41) is 2.90. The number of carbonyl (C=O) groups excluding carboxylic acids is 3. The summed E-state index contributed by atoms with van der Waals surface area (Å²) < 4.78 is 23.2. The number of hydrogen-bond acceptors (Lipinski definition) is 7. The van der Waals surface area contributed by atoms with Gasteiger partial charge in [-0.1, -0.05) is 60.7 Å². The van der Waals surface area contributed by atoms with Crippen LogP contribution < -0.4 is 5.32 Å². The Bertz CT molecular complexity index is 1390. The van der Waals surface area contributed by atoms with Gasteiger partial charge in [0.2, 0.25) is 11.8 Å². The van der Waals surface area contributed by atoms with Crippen LogP contribution >= 0.6 is 0 Å². The summed E-state index contributed by atoms with van der Waals surface area (Å²) >= 11 is 0. The summed E-state index contributed by atoms with van der Waals surface area (Å²) in [7, 11) is 1.32. The molecule has 1 N–H and O–H groups in total. The molecule has 5 rings (SSSR count). The standard InChI is InChI=1S/C33H36N2O7/c1-23-33(32(38)39-2)18-26(16-30(36)34-19-24-10-5-3-6-11-24)31(37)35(20-27-14-9-15-41-27)29(33)17-28(42-23)22-40-21-25-12-7-4-8-13-25/h3-15,17,23,26,28H,16,18-22H2,1-2H3,(H,34,36)/t23-,26+,28-,33+/m1/s1. The topological polar surface area (TPSA) is 107 Å². The quantitative estimate of drug-likeness (QED) is 0.340. The molecule has 1 aromatic heterocycles. The van der Waals surface area contributed by atoms with Gasteiger partial charge in [0.1, 0.15) is 17.3 Å². The largest absolute Gasteiger partial charge is 0.468 e. The van der Waals surface area contributed by atoms with Crippen molar-refractivity contribution in [3.8, 4) is 0 Å². The fraction of sp³-hybridized carbons (Fsp3) is 0.364. The average Bonchev–Trinajstić information content (AvgIpc) is 3.53. The Morgan fingerprint density at radius 3 is 2.40 bits per heavy atom. The summed E-state index contributed by atoms with van der Waals surface area (Å²) in [6.45, 7) is 2.88. The van der Waals surface area contributed by atoms with Crippen LogP contribution in [-0.2, 0) is 48.3 Å². The van der Waals surface area contributed by atoms with Crippen LogP contribution in [0.25, 0.3) is 0 Å². The van der Waals surface area contributed by atoms with Gasteiger partial charge in [0, 0.05) is 24.6 Å². The van der Waals surface area contributed by atoms with Crippen LogP contribution in [0.3, 0.4) is 0 Å². The third kappa shape index (κ3) is 6.32. The van der Waals surface area contributed by atoms with E-state index in [1.54, 1.807) is 23.1 Å². The molecule has 9 heteroatoms. The monoisotopic (exact) mass is 572 g/mol. The molecule has 2 aliphatic rings. The Balaban J connectivity index is 1.41. The first-order valence-corrected chi connectivity index (χ1v) is 14.1. The van der Waals surface area contributed by atoms with Crippen LogP contribution in [0.15, 0.2) is 95.2 Å². The minimum absolute atomic E-state index is 0.0799. The summed E-state index contributed by atoms with van der Waals surface area (Å²) in [6, 6.07) is 22.9. The number of nitrogens with one attached hydrogen (secondary N) is 1. The van der Waals surface area contributed by atoms with Gasteiger partial charge in [-0.15, -0.1) is 0 Å². The number of piperidine rings is 1. The number of amides is 2. The first-order chi connectivity index (χ1) is 20.4. The molecule has 2 aliphatic heterocycles. The molecule has 220 valence electrons. The molecule has 0 saturated carbocycles. The van der Waals surface area contributed by atoms with E-state index in [1.807, 2.05) is 67.6 Å². The third-order valence-corrected chi connectivity index (χ3v) is 7.95. The zero-order chi connectivity index (χ0) is 29.5. The average molecular weight is 573 g/mol. The Kier molecular flexibility index (Phi) is 9.19. The van der Waals surface area contributed by atoms with Gasteiger partial charge in [0.05, 0.1) is 39.2 Å². The Morgan fingerprint density at radius 2 is 1.74 bits per heavy atom. The lowest BCUT2D eigenvalue weighted by Crippen LogP contribution is -2.60. The molecule has 4 atom stereocenters. The van der Waals surface area contributed by atoms with Crippen LogP contribution in [0, 0.1) is 11.3 Å². The van der Waals surface area contributed by atoms with E-state index in [0.717, 1.165) is 11.1 Å². The van der Waals surface area contributed by atoms with Gasteiger partial charge in [-0.3, -0.25) is 14.4 Å². The predicted molar refractivity (Wildman–Crippen MR) is 153 cm³/mol. The van der Waals surface area contributed by atoms with Gasteiger partial charge in [0.15, 0.2) is 0 Å². The van der Waals surface area contributed by atoms with E-state index in [4.69, 9.17) is 18.6 Å². The first-order valence-electron chi connectivity index (χ1n) is 14.1. The summed E-state index contributed by atoms with van der Waals surface area (Å²) in [5.41, 5.74) is 1.17. The second kappa shape index (κ2) is 13.2. The minimum atomic E-state index is -1.30. The van der Waals surface area contributed by atoms with E-state index < -0.39 is 29.5 Å². The van der Waals surface area contributed by atoms with Crippen molar-refractivity contribution in [1.29, 1.82) is 0 Å². The number of carbonyl (C=O) groups is 3. The highest BCUT2D eigenvalue weighted by atomic mass is 16.6. The lowest BCUT2D eigenvalue weighted by molar-refractivity contribution is -0.178. The maximum absolute atomic E-state index is 14.0. The van der Waals surface area contributed by atoms with E-state index in [-0.39, 0.29) is 37.8 Å². The highest BCUT2D eigenvalue weighted by molar-refractivity contribution is 5.92. The van der Waals surface area contributed by atoms with E-state index in [9.17, 15) is 14.4 Å². The van der Waals surface area contributed by atoms with E-state index in [0.29, 0.717) is 24.6 Å². The third-order valence-electron chi connectivity index (χ3n) is 7.95. The number of rotatable bonds is 11. The highest BCUT2D eigenvalue weighted by Gasteiger charge is 2.59. The van der Waals surface area contributed by atoms with Crippen LogP contribution in [0.2, 0.25) is 0 Å². The Labute approximate surface area is 245 Å².